The molecule has 0 atom stereocenters. The van der Waals surface area contributed by atoms with Crippen molar-refractivity contribution in [2.24, 2.45) is 0 Å². The number of H-pyrrole nitrogens is 1. The quantitative estimate of drug-likeness (QED) is 0.801. The summed E-state index contributed by atoms with van der Waals surface area (Å²) in [6.07, 6.45) is 3.71. The van der Waals surface area contributed by atoms with E-state index in [1.165, 1.54) is 0 Å². The van der Waals surface area contributed by atoms with Gasteiger partial charge in [0.15, 0.2) is 5.69 Å². The summed E-state index contributed by atoms with van der Waals surface area (Å²) < 4.78 is 0.771. The molecule has 1 aliphatic rings. The van der Waals surface area contributed by atoms with E-state index < -0.39 is 0 Å². The van der Waals surface area contributed by atoms with E-state index in [2.05, 4.69) is 61.2 Å². The smallest absolute Gasteiger partial charge is 0.273 e. The van der Waals surface area contributed by atoms with Crippen LogP contribution in [0.5, 0.6) is 0 Å². The number of nitrogens with zero attached hydrogens (tertiary/aromatic N) is 3. The molecule has 1 fully saturated rings. The Morgan fingerprint density at radius 3 is 2.76 bits per heavy atom. The fourth-order valence-electron chi connectivity index (χ4n) is 3.08. The minimum absolute atomic E-state index is 0.113. The Balaban J connectivity index is 1.51. The second-order valence-electron chi connectivity index (χ2n) is 6.80. The summed E-state index contributed by atoms with van der Waals surface area (Å²) in [4.78, 5) is 19.3. The molecule has 7 heteroatoms. The van der Waals surface area contributed by atoms with Gasteiger partial charge in [-0.3, -0.25) is 19.8 Å². The number of halogens is 1. The highest BCUT2D eigenvalue weighted by molar-refractivity contribution is 9.10. The van der Waals surface area contributed by atoms with Crippen molar-refractivity contribution in [3.8, 4) is 0 Å². The van der Waals surface area contributed by atoms with E-state index in [1.807, 2.05) is 18.3 Å². The highest BCUT2D eigenvalue weighted by Gasteiger charge is 2.24. The predicted molar refractivity (Wildman–Crippen MR) is 100 cm³/mol. The van der Waals surface area contributed by atoms with Gasteiger partial charge in [0.2, 0.25) is 0 Å². The third kappa shape index (κ3) is 4.46. The molecule has 1 amide bonds. The molecule has 1 aliphatic heterocycles. The molecule has 2 N–H and O–H groups in total. The summed E-state index contributed by atoms with van der Waals surface area (Å²) >= 11 is 3.49. The number of piperidine rings is 1. The molecule has 0 spiro atoms. The van der Waals surface area contributed by atoms with Crippen molar-refractivity contribution in [1.29, 1.82) is 0 Å². The minimum Gasteiger partial charge on any atom is -0.348 e. The first kappa shape index (κ1) is 18.1. The predicted octanol–water partition coefficient (Wildman–Crippen LogP) is 3.09. The van der Waals surface area contributed by atoms with Crippen LogP contribution in [0, 0.1) is 0 Å². The Labute approximate surface area is 156 Å². The highest BCUT2D eigenvalue weighted by atomic mass is 79.9. The van der Waals surface area contributed by atoms with Crippen LogP contribution in [-0.2, 0) is 6.54 Å². The molecule has 134 valence electrons. The lowest BCUT2D eigenvalue weighted by atomic mass is 10.0. The maximum absolute atomic E-state index is 12.5. The number of aromatic amines is 1. The van der Waals surface area contributed by atoms with Gasteiger partial charge in [0.1, 0.15) is 0 Å². The van der Waals surface area contributed by atoms with E-state index in [9.17, 15) is 4.79 Å². The number of carbonyl (C=O) groups excluding carboxylic acids is 1. The van der Waals surface area contributed by atoms with E-state index in [-0.39, 0.29) is 11.9 Å². The number of rotatable bonds is 5. The monoisotopic (exact) mass is 405 g/mol. The maximum atomic E-state index is 12.5. The number of likely N-dealkylation sites (tertiary alicyclic amines) is 1. The van der Waals surface area contributed by atoms with Crippen LogP contribution in [0.1, 0.15) is 54.5 Å². The van der Waals surface area contributed by atoms with Crippen LogP contribution < -0.4 is 5.32 Å². The van der Waals surface area contributed by atoms with Crippen LogP contribution in [0.15, 0.2) is 28.9 Å². The molecule has 3 rings (SSSR count). The number of hydrogen-bond donors (Lipinski definition) is 2. The number of aromatic nitrogens is 3. The summed E-state index contributed by atoms with van der Waals surface area (Å²) in [7, 11) is 0. The summed E-state index contributed by atoms with van der Waals surface area (Å²) in [6.45, 7) is 6.92. The van der Waals surface area contributed by atoms with E-state index in [1.54, 1.807) is 0 Å². The van der Waals surface area contributed by atoms with Gasteiger partial charge in [-0.2, -0.15) is 5.10 Å². The van der Waals surface area contributed by atoms with Gasteiger partial charge in [-0.25, -0.2) is 0 Å². The summed E-state index contributed by atoms with van der Waals surface area (Å²) in [5, 5.41) is 10.2. The van der Waals surface area contributed by atoms with Crippen LogP contribution in [0.2, 0.25) is 0 Å². The zero-order valence-corrected chi connectivity index (χ0v) is 16.2. The Bertz CT molecular complexity index is 708. The first-order valence-electron chi connectivity index (χ1n) is 8.71. The van der Waals surface area contributed by atoms with Gasteiger partial charge in [0, 0.05) is 31.9 Å². The third-order valence-corrected chi connectivity index (χ3v) is 5.36. The molecule has 0 aliphatic carbocycles. The van der Waals surface area contributed by atoms with Gasteiger partial charge < -0.3 is 5.32 Å². The van der Waals surface area contributed by atoms with Gasteiger partial charge in [0.05, 0.1) is 15.9 Å². The molecule has 2 aromatic heterocycles. The molecule has 0 saturated carbocycles. The van der Waals surface area contributed by atoms with Gasteiger partial charge in [-0.15, -0.1) is 0 Å². The van der Waals surface area contributed by atoms with Crippen LogP contribution in [0.4, 0.5) is 0 Å². The highest BCUT2D eigenvalue weighted by Crippen LogP contribution is 2.25. The number of amides is 1. The number of carbonyl (C=O) groups is 1. The second-order valence-corrected chi connectivity index (χ2v) is 7.59. The maximum Gasteiger partial charge on any atom is 0.273 e. The van der Waals surface area contributed by atoms with Crippen LogP contribution in [-0.4, -0.2) is 45.1 Å². The molecule has 2 aromatic rings. The lowest BCUT2D eigenvalue weighted by Gasteiger charge is -2.32. The molecule has 0 aromatic carbocycles. The van der Waals surface area contributed by atoms with Crippen molar-refractivity contribution in [2.75, 3.05) is 13.1 Å². The number of hydrogen-bond acceptors (Lipinski definition) is 4. The van der Waals surface area contributed by atoms with Crippen molar-refractivity contribution in [3.05, 3.63) is 46.0 Å². The zero-order valence-electron chi connectivity index (χ0n) is 14.6. The van der Waals surface area contributed by atoms with Gasteiger partial charge in [-0.1, -0.05) is 19.9 Å². The number of pyridine rings is 1. The SMILES string of the molecule is CC(C)c1[nH]nc(C(=O)NC2CCN(Cc3ccccn3)CC2)c1Br. The molecule has 0 radical (unpaired) electrons. The van der Waals surface area contributed by atoms with Crippen LogP contribution in [0.25, 0.3) is 0 Å². The minimum atomic E-state index is -0.113. The average Bonchev–Trinajstić information content (AvgIpc) is 2.99. The van der Waals surface area contributed by atoms with Crippen LogP contribution in [0.3, 0.4) is 0 Å². The molecule has 25 heavy (non-hydrogen) atoms. The topological polar surface area (TPSA) is 73.9 Å². The van der Waals surface area contributed by atoms with Crippen molar-refractivity contribution in [2.45, 2.75) is 45.2 Å². The van der Waals surface area contributed by atoms with Crippen molar-refractivity contribution in [3.63, 3.8) is 0 Å². The van der Waals surface area contributed by atoms with E-state index in [0.29, 0.717) is 11.6 Å². The van der Waals surface area contributed by atoms with E-state index >= 15 is 0 Å². The summed E-state index contributed by atoms with van der Waals surface area (Å²) in [6, 6.07) is 6.19. The number of nitrogens with one attached hydrogen (secondary N) is 2. The summed E-state index contributed by atoms with van der Waals surface area (Å²) in [5.74, 6) is 0.177. The molecule has 1 saturated heterocycles. The Kier molecular flexibility index (Phi) is 5.86. The first-order chi connectivity index (χ1) is 12.0. The van der Waals surface area contributed by atoms with E-state index in [0.717, 1.165) is 48.3 Å². The fraction of sp³-hybridized carbons (Fsp3) is 0.500. The Hall–Kier alpha value is -1.73. The standard InChI is InChI=1S/C18H24BrN5O/c1-12(2)16-15(19)17(23-22-16)18(25)21-13-6-9-24(10-7-13)11-14-5-3-4-8-20-14/h3-5,8,12-13H,6-7,9-11H2,1-2H3,(H,21,25)(H,22,23). The third-order valence-electron chi connectivity index (χ3n) is 4.56. The normalized spacial score (nSPS) is 16.3. The van der Waals surface area contributed by atoms with Gasteiger partial charge >= 0.3 is 0 Å². The lowest BCUT2D eigenvalue weighted by Crippen LogP contribution is -2.44. The molecule has 0 unspecified atom stereocenters. The van der Waals surface area contributed by atoms with Crippen LogP contribution >= 0.6 is 15.9 Å². The zero-order chi connectivity index (χ0) is 17.8. The molecule has 6 nitrogen and oxygen atoms in total. The van der Waals surface area contributed by atoms with Crippen molar-refractivity contribution in [1.82, 2.24) is 25.4 Å². The van der Waals surface area contributed by atoms with Crippen molar-refractivity contribution < 1.29 is 4.79 Å². The van der Waals surface area contributed by atoms with E-state index in [4.69, 9.17) is 0 Å². The second kappa shape index (κ2) is 8.10. The molecule has 0 bridgehead atoms. The first-order valence-corrected chi connectivity index (χ1v) is 9.50. The van der Waals surface area contributed by atoms with Gasteiger partial charge in [0.25, 0.3) is 5.91 Å². The fourth-order valence-corrected chi connectivity index (χ4v) is 3.90. The summed E-state index contributed by atoms with van der Waals surface area (Å²) in [5.41, 5.74) is 2.49. The molecular weight excluding hydrogens is 382 g/mol. The Morgan fingerprint density at radius 1 is 1.40 bits per heavy atom. The van der Waals surface area contributed by atoms with Gasteiger partial charge in [-0.05, 0) is 46.8 Å². The average molecular weight is 406 g/mol. The molecular formula is C18H24BrN5O. The van der Waals surface area contributed by atoms with Crippen molar-refractivity contribution >= 4 is 21.8 Å². The Morgan fingerprint density at radius 2 is 2.16 bits per heavy atom. The largest absolute Gasteiger partial charge is 0.348 e. The lowest BCUT2D eigenvalue weighted by molar-refractivity contribution is 0.0902. The molecule has 3 heterocycles.